The maximum Gasteiger partial charge on any atom is 0.347 e. The predicted molar refractivity (Wildman–Crippen MR) is 67.9 cm³/mol. The molecule has 2 aromatic rings. The number of hydrogen-bond acceptors (Lipinski definition) is 6. The van der Waals surface area contributed by atoms with Crippen molar-refractivity contribution in [2.45, 2.75) is 20.4 Å². The average molecular weight is 264 g/mol. The highest BCUT2D eigenvalue weighted by molar-refractivity contribution is 7.17. The summed E-state index contributed by atoms with van der Waals surface area (Å²) in [6, 6.07) is 0. The number of rotatable bonds is 4. The molecule has 0 bridgehead atoms. The van der Waals surface area contributed by atoms with Crippen LogP contribution in [-0.4, -0.2) is 26.0 Å². The third-order valence-electron chi connectivity index (χ3n) is 2.25. The monoisotopic (exact) mass is 264 g/mol. The molecule has 0 fully saturated rings. The number of hydrogen-bond donors (Lipinski definition) is 2. The van der Waals surface area contributed by atoms with Gasteiger partial charge in [0.05, 0.1) is 29.8 Å². The van der Waals surface area contributed by atoms with E-state index in [1.807, 2.05) is 6.92 Å². The highest BCUT2D eigenvalue weighted by Crippen LogP contribution is 2.22. The summed E-state index contributed by atoms with van der Waals surface area (Å²) >= 11 is 1.12. The number of nitrogens with one attached hydrogen (secondary N) is 1. The molecule has 7 heteroatoms. The fourth-order valence-electron chi connectivity index (χ4n) is 1.35. The molecule has 0 spiro atoms. The van der Waals surface area contributed by atoms with Crippen molar-refractivity contribution in [2.24, 2.45) is 0 Å². The van der Waals surface area contributed by atoms with Gasteiger partial charge in [-0.1, -0.05) is 11.3 Å². The molecular weight excluding hydrogens is 252 g/mol. The van der Waals surface area contributed by atoms with E-state index in [1.54, 1.807) is 19.3 Å². The summed E-state index contributed by atoms with van der Waals surface area (Å²) in [6.45, 7) is 4.02. The highest BCUT2D eigenvalue weighted by Gasteiger charge is 2.13. The van der Waals surface area contributed by atoms with E-state index in [4.69, 9.17) is 5.11 Å². The van der Waals surface area contributed by atoms with E-state index in [2.05, 4.69) is 20.3 Å². The molecule has 0 aromatic carbocycles. The van der Waals surface area contributed by atoms with Crippen molar-refractivity contribution in [3.63, 3.8) is 0 Å². The lowest BCUT2D eigenvalue weighted by atomic mass is 10.4. The molecule has 0 amide bonds. The molecule has 0 atom stereocenters. The van der Waals surface area contributed by atoms with Crippen LogP contribution in [0.15, 0.2) is 12.4 Å². The van der Waals surface area contributed by atoms with Gasteiger partial charge in [0.25, 0.3) is 0 Å². The van der Waals surface area contributed by atoms with E-state index in [9.17, 15) is 4.79 Å². The summed E-state index contributed by atoms with van der Waals surface area (Å²) in [4.78, 5) is 23.6. The van der Waals surface area contributed by atoms with E-state index in [0.29, 0.717) is 17.4 Å². The Morgan fingerprint density at radius 1 is 1.39 bits per heavy atom. The molecule has 6 nitrogen and oxygen atoms in total. The molecule has 2 aromatic heterocycles. The first-order valence-electron chi connectivity index (χ1n) is 5.28. The molecule has 0 aliphatic rings. The van der Waals surface area contributed by atoms with Gasteiger partial charge in [0.1, 0.15) is 4.88 Å². The van der Waals surface area contributed by atoms with Gasteiger partial charge < -0.3 is 10.4 Å². The first-order chi connectivity index (χ1) is 8.56. The van der Waals surface area contributed by atoms with Crippen LogP contribution < -0.4 is 5.32 Å². The van der Waals surface area contributed by atoms with Gasteiger partial charge in [0.15, 0.2) is 5.13 Å². The Hall–Kier alpha value is -2.02. The molecule has 2 N–H and O–H groups in total. The molecule has 0 saturated carbocycles. The second-order valence-corrected chi connectivity index (χ2v) is 4.74. The molecule has 0 radical (unpaired) electrons. The van der Waals surface area contributed by atoms with E-state index in [1.165, 1.54) is 0 Å². The van der Waals surface area contributed by atoms with Gasteiger partial charge in [-0.15, -0.1) is 0 Å². The molecule has 18 heavy (non-hydrogen) atoms. The Morgan fingerprint density at radius 2 is 2.17 bits per heavy atom. The Bertz CT molecular complexity index is 565. The molecule has 0 unspecified atom stereocenters. The van der Waals surface area contributed by atoms with Gasteiger partial charge in [-0.2, -0.15) is 0 Å². The molecular formula is C11H12N4O2S. The average Bonchev–Trinajstić information content (AvgIpc) is 2.70. The SMILES string of the molecule is Cc1cnc(CNc2nc(C)c(C(=O)O)s2)cn1. The van der Waals surface area contributed by atoms with Crippen LogP contribution in [0.1, 0.15) is 26.8 Å². The van der Waals surface area contributed by atoms with Crippen LogP contribution in [0.4, 0.5) is 5.13 Å². The number of aromatic nitrogens is 3. The van der Waals surface area contributed by atoms with Crippen molar-refractivity contribution >= 4 is 22.4 Å². The first-order valence-corrected chi connectivity index (χ1v) is 6.10. The van der Waals surface area contributed by atoms with Crippen LogP contribution in [0.5, 0.6) is 0 Å². The van der Waals surface area contributed by atoms with Crippen molar-refractivity contribution in [1.82, 2.24) is 15.0 Å². The Labute approximate surface area is 108 Å². The third kappa shape index (κ3) is 2.80. The standard InChI is InChI=1S/C11H12N4O2S/c1-6-3-13-8(4-12-6)5-14-11-15-7(2)9(18-11)10(16)17/h3-4H,5H2,1-2H3,(H,14,15)(H,16,17). The van der Waals surface area contributed by atoms with Gasteiger partial charge in [-0.05, 0) is 13.8 Å². The van der Waals surface area contributed by atoms with Gasteiger partial charge in [0.2, 0.25) is 0 Å². The van der Waals surface area contributed by atoms with Gasteiger partial charge in [-0.25, -0.2) is 9.78 Å². The fraction of sp³-hybridized carbons (Fsp3) is 0.273. The lowest BCUT2D eigenvalue weighted by molar-refractivity contribution is 0.0701. The lowest BCUT2D eigenvalue weighted by Crippen LogP contribution is -2.02. The summed E-state index contributed by atoms with van der Waals surface area (Å²) in [6.07, 6.45) is 3.37. The molecule has 94 valence electrons. The Morgan fingerprint density at radius 3 is 2.72 bits per heavy atom. The summed E-state index contributed by atoms with van der Waals surface area (Å²) in [5, 5.41) is 12.5. The second-order valence-electron chi connectivity index (χ2n) is 3.74. The molecule has 0 saturated heterocycles. The number of aromatic carboxylic acids is 1. The number of nitrogens with zero attached hydrogens (tertiary/aromatic N) is 3. The number of carboxylic acids is 1. The third-order valence-corrected chi connectivity index (χ3v) is 3.35. The predicted octanol–water partition coefficient (Wildman–Crippen LogP) is 1.86. The Kier molecular flexibility index (Phi) is 3.52. The fourth-order valence-corrected chi connectivity index (χ4v) is 2.15. The van der Waals surface area contributed by atoms with E-state index < -0.39 is 5.97 Å². The van der Waals surface area contributed by atoms with E-state index >= 15 is 0 Å². The lowest BCUT2D eigenvalue weighted by Gasteiger charge is -2.01. The zero-order chi connectivity index (χ0) is 13.1. The maximum atomic E-state index is 10.9. The number of carbonyl (C=O) groups is 1. The molecule has 2 heterocycles. The molecule has 0 aliphatic heterocycles. The number of aryl methyl sites for hydroxylation is 2. The smallest absolute Gasteiger partial charge is 0.347 e. The highest BCUT2D eigenvalue weighted by atomic mass is 32.1. The quantitative estimate of drug-likeness (QED) is 0.876. The van der Waals surface area contributed by atoms with Gasteiger partial charge >= 0.3 is 5.97 Å². The molecule has 2 rings (SSSR count). The summed E-state index contributed by atoms with van der Waals surface area (Å²) in [5.74, 6) is -0.951. The first kappa shape index (κ1) is 12.4. The number of carboxylic acid groups (broad SMARTS) is 1. The normalized spacial score (nSPS) is 10.3. The Balaban J connectivity index is 2.04. The van der Waals surface area contributed by atoms with Crippen LogP contribution in [0, 0.1) is 13.8 Å². The van der Waals surface area contributed by atoms with Crippen molar-refractivity contribution in [1.29, 1.82) is 0 Å². The minimum Gasteiger partial charge on any atom is -0.477 e. The second kappa shape index (κ2) is 5.09. The zero-order valence-electron chi connectivity index (χ0n) is 9.97. The van der Waals surface area contributed by atoms with Gasteiger partial charge in [0, 0.05) is 6.20 Å². The summed E-state index contributed by atoms with van der Waals surface area (Å²) in [5.41, 5.74) is 2.16. The van der Waals surface area contributed by atoms with E-state index in [-0.39, 0.29) is 4.88 Å². The van der Waals surface area contributed by atoms with Crippen LogP contribution in [0.2, 0.25) is 0 Å². The largest absolute Gasteiger partial charge is 0.477 e. The maximum absolute atomic E-state index is 10.9. The minimum absolute atomic E-state index is 0.257. The molecule has 0 aliphatic carbocycles. The van der Waals surface area contributed by atoms with Crippen LogP contribution in [0.3, 0.4) is 0 Å². The van der Waals surface area contributed by atoms with Crippen molar-refractivity contribution in [3.05, 3.63) is 34.4 Å². The van der Waals surface area contributed by atoms with Gasteiger partial charge in [-0.3, -0.25) is 9.97 Å². The zero-order valence-corrected chi connectivity index (χ0v) is 10.8. The van der Waals surface area contributed by atoms with Crippen LogP contribution >= 0.6 is 11.3 Å². The summed E-state index contributed by atoms with van der Waals surface area (Å²) < 4.78 is 0. The van der Waals surface area contributed by atoms with Crippen molar-refractivity contribution in [3.8, 4) is 0 Å². The van der Waals surface area contributed by atoms with Crippen LogP contribution in [-0.2, 0) is 6.54 Å². The van der Waals surface area contributed by atoms with Crippen molar-refractivity contribution < 1.29 is 9.90 Å². The number of thiazole rings is 1. The minimum atomic E-state index is -0.951. The van der Waals surface area contributed by atoms with Crippen molar-refractivity contribution in [2.75, 3.05) is 5.32 Å². The summed E-state index contributed by atoms with van der Waals surface area (Å²) in [7, 11) is 0. The van der Waals surface area contributed by atoms with Crippen LogP contribution in [0.25, 0.3) is 0 Å². The number of anilines is 1. The van der Waals surface area contributed by atoms with E-state index in [0.717, 1.165) is 22.7 Å². The topological polar surface area (TPSA) is 88.0 Å².